The van der Waals surface area contributed by atoms with E-state index in [1.165, 1.54) is 12.0 Å². The summed E-state index contributed by atoms with van der Waals surface area (Å²) < 4.78 is 0. The van der Waals surface area contributed by atoms with E-state index in [9.17, 15) is 10.4 Å². The molecule has 1 aliphatic carbocycles. The fourth-order valence-corrected chi connectivity index (χ4v) is 3.22. The van der Waals surface area contributed by atoms with Gasteiger partial charge in [-0.05, 0) is 56.2 Å². The molecule has 0 bridgehead atoms. The second kappa shape index (κ2) is 7.02. The van der Waals surface area contributed by atoms with E-state index >= 15 is 0 Å². The van der Waals surface area contributed by atoms with E-state index in [4.69, 9.17) is 0 Å². The Labute approximate surface area is 143 Å². The first-order chi connectivity index (χ1) is 11.6. The number of aryl methyl sites for hydroxylation is 2. The highest BCUT2D eigenvalue weighted by atomic mass is 16.3. The Kier molecular flexibility index (Phi) is 4.82. The van der Waals surface area contributed by atoms with Gasteiger partial charge in [0.05, 0.1) is 11.2 Å². The first-order valence-electron chi connectivity index (χ1n) is 8.55. The van der Waals surface area contributed by atoms with E-state index in [1.54, 1.807) is 0 Å². The van der Waals surface area contributed by atoms with Gasteiger partial charge in [0, 0.05) is 12.2 Å². The van der Waals surface area contributed by atoms with E-state index in [-0.39, 0.29) is 0 Å². The van der Waals surface area contributed by atoms with Crippen molar-refractivity contribution in [2.24, 2.45) is 0 Å². The molecule has 1 atom stereocenters. The lowest BCUT2D eigenvalue weighted by atomic mass is 9.92. The zero-order valence-corrected chi connectivity index (χ0v) is 14.0. The Balaban J connectivity index is 1.70. The van der Waals surface area contributed by atoms with Crippen molar-refractivity contribution in [3.63, 3.8) is 0 Å². The van der Waals surface area contributed by atoms with Crippen LogP contribution >= 0.6 is 0 Å². The molecule has 0 fully saturated rings. The highest BCUT2D eigenvalue weighted by molar-refractivity contribution is 5.54. The van der Waals surface area contributed by atoms with Crippen molar-refractivity contribution < 1.29 is 5.11 Å². The smallest absolute Gasteiger partial charge is 0.144 e. The average Bonchev–Trinajstić information content (AvgIpc) is 2.61. The van der Waals surface area contributed by atoms with Gasteiger partial charge >= 0.3 is 0 Å². The van der Waals surface area contributed by atoms with Crippen LogP contribution in [-0.2, 0) is 18.4 Å². The summed E-state index contributed by atoms with van der Waals surface area (Å²) in [7, 11) is 0. The van der Waals surface area contributed by atoms with E-state index in [1.807, 2.05) is 43.3 Å². The van der Waals surface area contributed by atoms with Crippen LogP contribution in [0.15, 0.2) is 36.4 Å². The highest BCUT2D eigenvalue weighted by Crippen LogP contribution is 2.26. The molecule has 4 heteroatoms. The Bertz CT molecular complexity index is 747. The summed E-state index contributed by atoms with van der Waals surface area (Å²) in [5.74, 6) is 0.641. The molecule has 1 aromatic heterocycles. The van der Waals surface area contributed by atoms with Crippen molar-refractivity contribution in [3.05, 3.63) is 58.8 Å². The summed E-state index contributed by atoms with van der Waals surface area (Å²) in [6, 6.07) is 13.9. The standard InChI is InChI=1S/C20H23N3O/c1-20(24,17-8-3-2-4-9-17)11-12-22-19-16(14-21)13-15-7-5-6-10-18(15)23-19/h2-4,8-9,13,24H,5-7,10-12H2,1H3,(H,22,23). The molecule has 1 aliphatic rings. The minimum absolute atomic E-state index is 0.542. The average molecular weight is 321 g/mol. The first-order valence-corrected chi connectivity index (χ1v) is 8.55. The Hall–Kier alpha value is -2.38. The monoisotopic (exact) mass is 321 g/mol. The van der Waals surface area contributed by atoms with Crippen LogP contribution in [0.5, 0.6) is 0 Å². The molecule has 0 aliphatic heterocycles. The SMILES string of the molecule is CC(O)(CCNc1nc2c(cc1C#N)CCCC2)c1ccccc1. The van der Waals surface area contributed by atoms with Crippen LogP contribution in [0.1, 0.15) is 48.6 Å². The maximum atomic E-state index is 10.7. The minimum Gasteiger partial charge on any atom is -0.385 e. The molecule has 2 aromatic rings. The highest BCUT2D eigenvalue weighted by Gasteiger charge is 2.22. The fourth-order valence-electron chi connectivity index (χ4n) is 3.22. The number of aromatic nitrogens is 1. The fraction of sp³-hybridized carbons (Fsp3) is 0.400. The Morgan fingerprint density at radius 3 is 2.75 bits per heavy atom. The van der Waals surface area contributed by atoms with Gasteiger partial charge in [0.1, 0.15) is 11.9 Å². The van der Waals surface area contributed by atoms with Gasteiger partial charge in [-0.25, -0.2) is 4.98 Å². The van der Waals surface area contributed by atoms with Gasteiger partial charge in [-0.15, -0.1) is 0 Å². The summed E-state index contributed by atoms with van der Waals surface area (Å²) in [6.45, 7) is 2.37. The van der Waals surface area contributed by atoms with Gasteiger partial charge in [-0.1, -0.05) is 30.3 Å². The van der Waals surface area contributed by atoms with Gasteiger partial charge in [0.2, 0.25) is 0 Å². The molecule has 0 saturated carbocycles. The summed E-state index contributed by atoms with van der Waals surface area (Å²) in [5.41, 5.74) is 2.90. The number of nitrogens with one attached hydrogen (secondary N) is 1. The third kappa shape index (κ3) is 3.58. The van der Waals surface area contributed by atoms with Gasteiger partial charge in [0.25, 0.3) is 0 Å². The molecule has 3 rings (SSSR count). The maximum Gasteiger partial charge on any atom is 0.144 e. The maximum absolute atomic E-state index is 10.7. The summed E-state index contributed by atoms with van der Waals surface area (Å²) >= 11 is 0. The van der Waals surface area contributed by atoms with E-state index in [0.717, 1.165) is 30.5 Å². The summed E-state index contributed by atoms with van der Waals surface area (Å²) in [4.78, 5) is 4.66. The van der Waals surface area contributed by atoms with Crippen LogP contribution in [0, 0.1) is 11.3 Å². The number of pyridine rings is 1. The molecular formula is C20H23N3O. The number of aliphatic hydroxyl groups is 1. The number of hydrogen-bond donors (Lipinski definition) is 2. The van der Waals surface area contributed by atoms with Crippen molar-refractivity contribution in [3.8, 4) is 6.07 Å². The molecule has 1 heterocycles. The van der Waals surface area contributed by atoms with E-state index in [0.29, 0.717) is 24.3 Å². The third-order valence-electron chi connectivity index (χ3n) is 4.72. The molecule has 0 radical (unpaired) electrons. The molecule has 0 saturated heterocycles. The van der Waals surface area contributed by atoms with E-state index in [2.05, 4.69) is 16.4 Å². The summed E-state index contributed by atoms with van der Waals surface area (Å²) in [5, 5.41) is 23.3. The van der Waals surface area contributed by atoms with Crippen LogP contribution in [0.3, 0.4) is 0 Å². The largest absolute Gasteiger partial charge is 0.385 e. The van der Waals surface area contributed by atoms with E-state index < -0.39 is 5.60 Å². The van der Waals surface area contributed by atoms with Gasteiger partial charge in [-0.2, -0.15) is 5.26 Å². The second-order valence-electron chi connectivity index (χ2n) is 6.63. The Morgan fingerprint density at radius 2 is 2.00 bits per heavy atom. The molecule has 24 heavy (non-hydrogen) atoms. The number of fused-ring (bicyclic) bond motifs is 1. The lowest BCUT2D eigenvalue weighted by Gasteiger charge is -2.24. The molecule has 0 amide bonds. The van der Waals surface area contributed by atoms with Crippen molar-refractivity contribution in [1.29, 1.82) is 5.26 Å². The lowest BCUT2D eigenvalue weighted by Crippen LogP contribution is -2.25. The molecular weight excluding hydrogens is 298 g/mol. The molecule has 0 spiro atoms. The first kappa shape index (κ1) is 16.5. The topological polar surface area (TPSA) is 68.9 Å². The van der Waals surface area contributed by atoms with Crippen LogP contribution < -0.4 is 5.32 Å². The van der Waals surface area contributed by atoms with Crippen LogP contribution in [0.4, 0.5) is 5.82 Å². The second-order valence-corrected chi connectivity index (χ2v) is 6.63. The predicted molar refractivity (Wildman–Crippen MR) is 94.7 cm³/mol. The lowest BCUT2D eigenvalue weighted by molar-refractivity contribution is 0.0515. The third-order valence-corrected chi connectivity index (χ3v) is 4.72. The summed E-state index contributed by atoms with van der Waals surface area (Å²) in [6.07, 6.45) is 4.87. The van der Waals surface area contributed by atoms with Crippen molar-refractivity contribution >= 4 is 5.82 Å². The number of anilines is 1. The van der Waals surface area contributed by atoms with Crippen molar-refractivity contribution in [1.82, 2.24) is 4.98 Å². The van der Waals surface area contributed by atoms with Crippen LogP contribution in [-0.4, -0.2) is 16.6 Å². The number of nitriles is 1. The number of hydrogen-bond acceptors (Lipinski definition) is 4. The Morgan fingerprint density at radius 1 is 1.25 bits per heavy atom. The van der Waals surface area contributed by atoms with Crippen molar-refractivity contribution in [2.75, 3.05) is 11.9 Å². The zero-order valence-electron chi connectivity index (χ0n) is 14.0. The molecule has 1 aromatic carbocycles. The van der Waals surface area contributed by atoms with Crippen LogP contribution in [0.2, 0.25) is 0 Å². The quantitative estimate of drug-likeness (QED) is 0.884. The van der Waals surface area contributed by atoms with Crippen molar-refractivity contribution in [2.45, 2.75) is 44.6 Å². The molecule has 124 valence electrons. The number of benzene rings is 1. The molecule has 1 unspecified atom stereocenters. The predicted octanol–water partition coefficient (Wildman–Crippen LogP) is 3.54. The minimum atomic E-state index is -0.907. The molecule has 4 nitrogen and oxygen atoms in total. The van der Waals surface area contributed by atoms with Gasteiger partial charge < -0.3 is 10.4 Å². The number of nitrogens with zero attached hydrogens (tertiary/aromatic N) is 2. The normalized spacial score (nSPS) is 15.9. The van der Waals surface area contributed by atoms with Gasteiger partial charge in [-0.3, -0.25) is 0 Å². The van der Waals surface area contributed by atoms with Crippen LogP contribution in [0.25, 0.3) is 0 Å². The zero-order chi connectivity index (χ0) is 17.0. The van der Waals surface area contributed by atoms with Gasteiger partial charge in [0.15, 0.2) is 0 Å². The molecule has 2 N–H and O–H groups in total. The number of rotatable bonds is 5.